The van der Waals surface area contributed by atoms with Crippen LogP contribution < -0.4 is 20.9 Å². The molecular formula is C29H29BrN6O2. The molecule has 1 saturated carbocycles. The first-order valence-electron chi connectivity index (χ1n) is 12.4. The van der Waals surface area contributed by atoms with Crippen molar-refractivity contribution in [3.8, 4) is 6.07 Å². The predicted octanol–water partition coefficient (Wildman–Crippen LogP) is 5.98. The number of nitrogens with one attached hydrogen (secondary N) is 3. The van der Waals surface area contributed by atoms with Gasteiger partial charge in [0.2, 0.25) is 5.91 Å². The van der Waals surface area contributed by atoms with E-state index in [4.69, 9.17) is 5.26 Å². The molecule has 38 heavy (non-hydrogen) atoms. The quantitative estimate of drug-likeness (QED) is 0.287. The van der Waals surface area contributed by atoms with Crippen LogP contribution in [0.25, 0.3) is 0 Å². The number of halogens is 1. The minimum absolute atomic E-state index is 0.0260. The second-order valence-electron chi connectivity index (χ2n) is 9.07. The zero-order chi connectivity index (χ0) is 26.9. The maximum atomic E-state index is 13.6. The van der Waals surface area contributed by atoms with E-state index in [1.807, 2.05) is 48.5 Å². The molecule has 1 aromatic heterocycles. The van der Waals surface area contributed by atoms with Crippen molar-refractivity contribution in [3.05, 3.63) is 95.1 Å². The van der Waals surface area contributed by atoms with Crippen LogP contribution >= 0.6 is 15.9 Å². The Kier molecular flexibility index (Phi) is 9.11. The van der Waals surface area contributed by atoms with Crippen LogP contribution in [-0.2, 0) is 11.3 Å². The Morgan fingerprint density at radius 1 is 1.11 bits per heavy atom. The maximum absolute atomic E-state index is 13.6. The van der Waals surface area contributed by atoms with Gasteiger partial charge in [-0.05, 0) is 83.6 Å². The van der Waals surface area contributed by atoms with Gasteiger partial charge in [0, 0.05) is 35.0 Å². The Bertz CT molecular complexity index is 1320. The van der Waals surface area contributed by atoms with E-state index in [2.05, 4.69) is 49.5 Å². The molecule has 1 aliphatic carbocycles. The van der Waals surface area contributed by atoms with Gasteiger partial charge in [-0.2, -0.15) is 5.26 Å². The molecule has 1 aliphatic rings. The fraction of sp³-hybridized carbons (Fsp3) is 0.241. The Balaban J connectivity index is 1.50. The number of hydrogen-bond acceptors (Lipinski definition) is 5. The molecule has 4 rings (SSSR count). The van der Waals surface area contributed by atoms with Crippen molar-refractivity contribution < 1.29 is 9.59 Å². The van der Waals surface area contributed by atoms with E-state index in [-0.39, 0.29) is 24.0 Å². The molecule has 3 amide bonds. The van der Waals surface area contributed by atoms with Crippen LogP contribution in [0.2, 0.25) is 0 Å². The van der Waals surface area contributed by atoms with Gasteiger partial charge in [0.1, 0.15) is 11.9 Å². The van der Waals surface area contributed by atoms with Gasteiger partial charge >= 0.3 is 6.03 Å². The summed E-state index contributed by atoms with van der Waals surface area (Å²) in [6, 6.07) is 20.9. The first-order valence-corrected chi connectivity index (χ1v) is 13.2. The van der Waals surface area contributed by atoms with Gasteiger partial charge < -0.3 is 16.0 Å². The Hall–Kier alpha value is -4.16. The van der Waals surface area contributed by atoms with Gasteiger partial charge in [-0.1, -0.05) is 36.9 Å². The van der Waals surface area contributed by atoms with Crippen molar-refractivity contribution in [2.24, 2.45) is 0 Å². The maximum Gasteiger partial charge on any atom is 0.322 e. The number of carbonyl (C=O) groups excluding carboxylic acids is 2. The molecule has 9 heteroatoms. The van der Waals surface area contributed by atoms with Gasteiger partial charge in [0.15, 0.2) is 0 Å². The molecule has 0 bridgehead atoms. The highest BCUT2D eigenvalue weighted by Gasteiger charge is 2.30. The number of anilines is 3. The minimum Gasteiger partial charge on any atom is -0.367 e. The molecule has 194 valence electrons. The van der Waals surface area contributed by atoms with E-state index in [9.17, 15) is 9.59 Å². The highest BCUT2D eigenvalue weighted by molar-refractivity contribution is 9.10. The summed E-state index contributed by atoms with van der Waals surface area (Å²) in [6.07, 6.45) is 6.05. The predicted molar refractivity (Wildman–Crippen MR) is 153 cm³/mol. The zero-order valence-corrected chi connectivity index (χ0v) is 22.4. The monoisotopic (exact) mass is 572 g/mol. The number of hydrogen-bond donors (Lipinski definition) is 3. The normalized spacial score (nSPS) is 16.5. The smallest absolute Gasteiger partial charge is 0.322 e. The van der Waals surface area contributed by atoms with E-state index in [0.717, 1.165) is 37.1 Å². The lowest BCUT2D eigenvalue weighted by Gasteiger charge is -2.37. The lowest BCUT2D eigenvalue weighted by molar-refractivity contribution is -0.111. The van der Waals surface area contributed by atoms with Crippen LogP contribution in [0.15, 0.2) is 84.0 Å². The molecule has 8 nitrogen and oxygen atoms in total. The Morgan fingerprint density at radius 2 is 1.87 bits per heavy atom. The number of pyridine rings is 1. The Labute approximate surface area is 230 Å². The minimum atomic E-state index is -0.328. The van der Waals surface area contributed by atoms with Gasteiger partial charge in [-0.25, -0.2) is 9.78 Å². The van der Waals surface area contributed by atoms with E-state index >= 15 is 0 Å². The van der Waals surface area contributed by atoms with Crippen molar-refractivity contribution in [1.29, 1.82) is 5.26 Å². The first-order chi connectivity index (χ1) is 18.5. The Morgan fingerprint density at radius 3 is 2.53 bits per heavy atom. The second kappa shape index (κ2) is 12.9. The number of amides is 3. The molecule has 3 aromatic rings. The van der Waals surface area contributed by atoms with Crippen molar-refractivity contribution in [2.75, 3.05) is 15.5 Å². The molecule has 0 aliphatic heterocycles. The van der Waals surface area contributed by atoms with Crippen molar-refractivity contribution in [3.63, 3.8) is 0 Å². The number of nitriles is 1. The van der Waals surface area contributed by atoms with Gasteiger partial charge in [0.25, 0.3) is 0 Å². The topological polar surface area (TPSA) is 110 Å². The zero-order valence-electron chi connectivity index (χ0n) is 20.9. The number of urea groups is 1. The fourth-order valence-corrected chi connectivity index (χ4v) is 4.87. The standard InChI is InChI=1S/C29H29BrN6O2/c1-2-28(37)35-26-16-24(13-14-25(26)30)36(29(38)33-18-20-6-4-3-5-7-20)23-11-9-22(10-12-23)34-27-15-8-21(17-31)19-32-27/h2-8,13-16,19,22-23H,1,9-12,18H2,(H,32,34)(H,33,38)(H,35,37). The van der Waals surface area contributed by atoms with Gasteiger partial charge in [-0.15, -0.1) is 0 Å². The summed E-state index contributed by atoms with van der Waals surface area (Å²) >= 11 is 3.48. The highest BCUT2D eigenvalue weighted by atomic mass is 79.9. The first kappa shape index (κ1) is 26.9. The summed E-state index contributed by atoms with van der Waals surface area (Å²) in [5.41, 5.74) is 2.80. The summed E-state index contributed by atoms with van der Waals surface area (Å²) in [4.78, 5) is 31.7. The summed E-state index contributed by atoms with van der Waals surface area (Å²) < 4.78 is 0.712. The molecule has 3 N–H and O–H groups in total. The summed E-state index contributed by atoms with van der Waals surface area (Å²) in [5.74, 6) is 0.409. The lowest BCUT2D eigenvalue weighted by atomic mass is 9.90. The van der Waals surface area contributed by atoms with Crippen LogP contribution in [0.5, 0.6) is 0 Å². The molecule has 0 atom stereocenters. The number of nitrogens with zero attached hydrogens (tertiary/aromatic N) is 3. The lowest BCUT2D eigenvalue weighted by Crippen LogP contribution is -2.48. The van der Waals surface area contributed by atoms with E-state index in [0.29, 0.717) is 28.0 Å². The third kappa shape index (κ3) is 6.99. The molecule has 1 fully saturated rings. The average molecular weight is 573 g/mol. The number of rotatable bonds is 8. The second-order valence-corrected chi connectivity index (χ2v) is 9.92. The highest BCUT2D eigenvalue weighted by Crippen LogP contribution is 2.33. The molecule has 0 radical (unpaired) electrons. The third-order valence-electron chi connectivity index (χ3n) is 6.48. The van der Waals surface area contributed by atoms with Crippen molar-refractivity contribution in [1.82, 2.24) is 10.3 Å². The van der Waals surface area contributed by atoms with E-state index < -0.39 is 0 Å². The molecule has 1 heterocycles. The summed E-state index contributed by atoms with van der Waals surface area (Å²) in [7, 11) is 0. The van der Waals surface area contributed by atoms with Crippen LogP contribution in [0, 0.1) is 11.3 Å². The number of benzene rings is 2. The van der Waals surface area contributed by atoms with Crippen molar-refractivity contribution in [2.45, 2.75) is 44.3 Å². The molecular weight excluding hydrogens is 544 g/mol. The molecule has 0 saturated heterocycles. The molecule has 2 aromatic carbocycles. The van der Waals surface area contributed by atoms with Crippen LogP contribution in [0.4, 0.5) is 22.0 Å². The van der Waals surface area contributed by atoms with E-state index in [1.165, 1.54) is 6.08 Å². The van der Waals surface area contributed by atoms with Gasteiger partial charge in [-0.3, -0.25) is 9.69 Å². The molecule has 0 spiro atoms. The molecule has 0 unspecified atom stereocenters. The SMILES string of the molecule is C=CC(=O)Nc1cc(N(C(=O)NCc2ccccc2)C2CCC(Nc3ccc(C#N)cn3)CC2)ccc1Br. The van der Waals surface area contributed by atoms with Crippen LogP contribution in [0.1, 0.15) is 36.8 Å². The number of aromatic nitrogens is 1. The fourth-order valence-electron chi connectivity index (χ4n) is 4.53. The van der Waals surface area contributed by atoms with Crippen molar-refractivity contribution >= 4 is 45.1 Å². The van der Waals surface area contributed by atoms with Crippen LogP contribution in [0.3, 0.4) is 0 Å². The largest absolute Gasteiger partial charge is 0.367 e. The van der Waals surface area contributed by atoms with Gasteiger partial charge in [0.05, 0.1) is 11.3 Å². The average Bonchev–Trinajstić information content (AvgIpc) is 2.95. The van der Waals surface area contributed by atoms with Crippen LogP contribution in [-0.4, -0.2) is 29.0 Å². The third-order valence-corrected chi connectivity index (χ3v) is 7.17. The van der Waals surface area contributed by atoms with E-state index in [1.54, 1.807) is 23.2 Å². The number of carbonyl (C=O) groups is 2. The summed E-state index contributed by atoms with van der Waals surface area (Å²) in [6.45, 7) is 3.93. The summed E-state index contributed by atoms with van der Waals surface area (Å²) in [5, 5.41) is 18.3.